The van der Waals surface area contributed by atoms with Gasteiger partial charge in [-0.1, -0.05) is 0 Å². The first-order chi connectivity index (χ1) is 8.71. The van der Waals surface area contributed by atoms with Gasteiger partial charge in [0.1, 0.15) is 0 Å². The summed E-state index contributed by atoms with van der Waals surface area (Å²) in [5.41, 5.74) is 0.343. The van der Waals surface area contributed by atoms with Crippen molar-refractivity contribution in [1.29, 1.82) is 0 Å². The van der Waals surface area contributed by atoms with Gasteiger partial charge in [-0.25, -0.2) is 0 Å². The summed E-state index contributed by atoms with van der Waals surface area (Å²) in [6.07, 6.45) is 3.95. The number of nitrogens with zero attached hydrogens (tertiary/aromatic N) is 1. The van der Waals surface area contributed by atoms with Crippen LogP contribution >= 0.6 is 0 Å². The summed E-state index contributed by atoms with van der Waals surface area (Å²) in [6.45, 7) is 3.68. The molecule has 2 atom stereocenters. The molecular weight excluding hydrogens is 230 g/mol. The third-order valence-electron chi connectivity index (χ3n) is 4.48. The molecule has 0 aromatic carbocycles. The lowest BCUT2D eigenvalue weighted by Gasteiger charge is -2.25. The lowest BCUT2D eigenvalue weighted by Crippen LogP contribution is -2.43. The second-order valence-electron chi connectivity index (χ2n) is 5.76. The largest absolute Gasteiger partial charge is 0.315 e. The Hall–Kier alpha value is -0.940. The van der Waals surface area contributed by atoms with Gasteiger partial charge in [0.25, 0.3) is 0 Å². The molecule has 0 bridgehead atoms. The predicted octanol–water partition coefficient (Wildman–Crippen LogP) is -0.133. The number of hydrogen-bond acceptors (Lipinski definition) is 4. The summed E-state index contributed by atoms with van der Waals surface area (Å²) in [6, 6.07) is 0. The van der Waals surface area contributed by atoms with Gasteiger partial charge in [0.2, 0.25) is 11.8 Å². The van der Waals surface area contributed by atoms with Crippen LogP contribution in [0.3, 0.4) is 0 Å². The standard InChI is InChI=1S/C13H21N3O2/c17-11-3-1-4-12(18)16(11)6-2-5-15-13-7-10(13)8-14-9-13/h10,14-15H,1-9H2. The number of fused-ring (bicyclic) bond motifs is 1. The summed E-state index contributed by atoms with van der Waals surface area (Å²) < 4.78 is 0. The Morgan fingerprint density at radius 1 is 1.33 bits per heavy atom. The van der Waals surface area contributed by atoms with Crippen LogP contribution in [0.25, 0.3) is 0 Å². The zero-order chi connectivity index (χ0) is 12.6. The molecule has 2 N–H and O–H groups in total. The monoisotopic (exact) mass is 251 g/mol. The molecule has 0 aromatic heterocycles. The van der Waals surface area contributed by atoms with E-state index >= 15 is 0 Å². The van der Waals surface area contributed by atoms with E-state index in [-0.39, 0.29) is 11.8 Å². The van der Waals surface area contributed by atoms with Crippen molar-refractivity contribution < 1.29 is 9.59 Å². The van der Waals surface area contributed by atoms with Gasteiger partial charge < -0.3 is 10.6 Å². The van der Waals surface area contributed by atoms with Crippen LogP contribution in [-0.2, 0) is 9.59 Å². The molecule has 0 aromatic rings. The van der Waals surface area contributed by atoms with E-state index in [1.165, 1.54) is 11.3 Å². The lowest BCUT2D eigenvalue weighted by atomic mass is 10.1. The van der Waals surface area contributed by atoms with Gasteiger partial charge in [0.15, 0.2) is 0 Å². The average molecular weight is 251 g/mol. The van der Waals surface area contributed by atoms with Crippen molar-refractivity contribution in [1.82, 2.24) is 15.5 Å². The number of amides is 2. The van der Waals surface area contributed by atoms with E-state index in [0.717, 1.165) is 38.4 Å². The molecule has 0 spiro atoms. The fourth-order valence-corrected chi connectivity index (χ4v) is 3.24. The second kappa shape index (κ2) is 4.63. The fraction of sp³-hybridized carbons (Fsp3) is 0.846. The maximum atomic E-state index is 11.6. The third-order valence-corrected chi connectivity index (χ3v) is 4.48. The summed E-state index contributed by atoms with van der Waals surface area (Å²) in [7, 11) is 0. The number of piperidine rings is 2. The van der Waals surface area contributed by atoms with Gasteiger partial charge in [0.05, 0.1) is 0 Å². The lowest BCUT2D eigenvalue weighted by molar-refractivity contribution is -0.147. The molecule has 18 heavy (non-hydrogen) atoms. The van der Waals surface area contributed by atoms with Crippen molar-refractivity contribution in [3.05, 3.63) is 0 Å². The Bertz CT molecular complexity index is 355. The first-order valence-corrected chi connectivity index (χ1v) is 7.00. The minimum atomic E-state index is 0.0104. The summed E-state index contributed by atoms with van der Waals surface area (Å²) >= 11 is 0. The SMILES string of the molecule is O=C1CCCC(=O)N1CCCNC12CNCC1C2. The highest BCUT2D eigenvalue weighted by molar-refractivity contribution is 5.97. The Morgan fingerprint density at radius 3 is 2.72 bits per heavy atom. The van der Waals surface area contributed by atoms with Crippen LogP contribution < -0.4 is 10.6 Å². The fourth-order valence-electron chi connectivity index (χ4n) is 3.24. The highest BCUT2D eigenvalue weighted by atomic mass is 16.2. The van der Waals surface area contributed by atoms with Gasteiger partial charge in [0, 0.05) is 31.5 Å². The van der Waals surface area contributed by atoms with Gasteiger partial charge in [-0.15, -0.1) is 0 Å². The number of rotatable bonds is 5. The quantitative estimate of drug-likeness (QED) is 0.528. The highest BCUT2D eigenvalue weighted by Crippen LogP contribution is 2.45. The molecule has 5 heteroatoms. The van der Waals surface area contributed by atoms with Crippen molar-refractivity contribution in [3.8, 4) is 0 Å². The van der Waals surface area contributed by atoms with Crippen LogP contribution in [0.2, 0.25) is 0 Å². The van der Waals surface area contributed by atoms with Crippen LogP contribution in [0.15, 0.2) is 0 Å². The molecule has 2 saturated heterocycles. The van der Waals surface area contributed by atoms with Crippen LogP contribution in [0, 0.1) is 5.92 Å². The minimum Gasteiger partial charge on any atom is -0.315 e. The van der Waals surface area contributed by atoms with Gasteiger partial charge >= 0.3 is 0 Å². The summed E-state index contributed by atoms with van der Waals surface area (Å²) in [5, 5.41) is 6.98. The number of hydrogen-bond donors (Lipinski definition) is 2. The average Bonchev–Trinajstić information content (AvgIpc) is 2.89. The molecule has 2 heterocycles. The van der Waals surface area contributed by atoms with Crippen molar-refractivity contribution >= 4 is 11.8 Å². The predicted molar refractivity (Wildman–Crippen MR) is 66.9 cm³/mol. The van der Waals surface area contributed by atoms with Crippen molar-refractivity contribution in [2.45, 2.75) is 37.6 Å². The molecule has 2 amide bonds. The molecule has 2 unspecified atom stereocenters. The van der Waals surface area contributed by atoms with E-state index in [1.54, 1.807) is 0 Å². The number of nitrogens with one attached hydrogen (secondary N) is 2. The smallest absolute Gasteiger partial charge is 0.229 e. The Balaban J connectivity index is 1.39. The normalized spacial score (nSPS) is 34.9. The van der Waals surface area contributed by atoms with Gasteiger partial charge in [-0.2, -0.15) is 0 Å². The van der Waals surface area contributed by atoms with Gasteiger partial charge in [-0.05, 0) is 38.3 Å². The second-order valence-corrected chi connectivity index (χ2v) is 5.76. The van der Waals surface area contributed by atoms with E-state index in [9.17, 15) is 9.59 Å². The number of carbonyl (C=O) groups is 2. The van der Waals surface area contributed by atoms with Crippen LogP contribution in [-0.4, -0.2) is 48.4 Å². The zero-order valence-electron chi connectivity index (χ0n) is 10.7. The first-order valence-electron chi connectivity index (χ1n) is 7.00. The molecule has 1 saturated carbocycles. The van der Waals surface area contributed by atoms with E-state index in [4.69, 9.17) is 0 Å². The molecule has 1 aliphatic carbocycles. The first kappa shape index (κ1) is 12.1. The summed E-state index contributed by atoms with van der Waals surface area (Å²) in [4.78, 5) is 24.6. The molecular formula is C13H21N3O2. The molecule has 3 fully saturated rings. The minimum absolute atomic E-state index is 0.0104. The van der Waals surface area contributed by atoms with Gasteiger partial charge in [-0.3, -0.25) is 14.5 Å². The van der Waals surface area contributed by atoms with Crippen molar-refractivity contribution in [3.63, 3.8) is 0 Å². The molecule has 3 rings (SSSR count). The Kier molecular flexibility index (Phi) is 3.11. The van der Waals surface area contributed by atoms with Crippen molar-refractivity contribution in [2.75, 3.05) is 26.2 Å². The van der Waals surface area contributed by atoms with E-state index in [2.05, 4.69) is 10.6 Å². The maximum Gasteiger partial charge on any atom is 0.229 e. The molecule has 2 aliphatic heterocycles. The van der Waals surface area contributed by atoms with Crippen LogP contribution in [0.5, 0.6) is 0 Å². The topological polar surface area (TPSA) is 61.4 Å². The molecule has 100 valence electrons. The molecule has 0 radical (unpaired) electrons. The van der Waals surface area contributed by atoms with E-state index in [0.29, 0.717) is 24.9 Å². The molecule has 5 nitrogen and oxygen atoms in total. The Labute approximate surface area is 107 Å². The van der Waals surface area contributed by atoms with E-state index < -0.39 is 0 Å². The number of carbonyl (C=O) groups excluding carboxylic acids is 2. The third kappa shape index (κ3) is 2.17. The highest BCUT2D eigenvalue weighted by Gasteiger charge is 2.56. The number of likely N-dealkylation sites (tertiary alicyclic amines) is 1. The van der Waals surface area contributed by atoms with Crippen LogP contribution in [0.4, 0.5) is 0 Å². The van der Waals surface area contributed by atoms with Crippen LogP contribution in [0.1, 0.15) is 32.1 Å². The Morgan fingerprint density at radius 2 is 2.11 bits per heavy atom. The molecule has 3 aliphatic rings. The zero-order valence-corrected chi connectivity index (χ0v) is 10.7. The number of imide groups is 1. The van der Waals surface area contributed by atoms with Crippen molar-refractivity contribution in [2.24, 2.45) is 5.92 Å². The maximum absolute atomic E-state index is 11.6. The van der Waals surface area contributed by atoms with E-state index in [1.807, 2.05) is 0 Å². The summed E-state index contributed by atoms with van der Waals surface area (Å²) in [5.74, 6) is 0.822.